The molecule has 3 rings (SSSR count). The highest BCUT2D eigenvalue weighted by molar-refractivity contribution is 7.09. The first-order valence-corrected chi connectivity index (χ1v) is 9.32. The van der Waals surface area contributed by atoms with Crippen LogP contribution >= 0.6 is 22.9 Å². The van der Waals surface area contributed by atoms with Crippen LogP contribution < -0.4 is 9.84 Å². The molecule has 0 N–H and O–H groups in total. The van der Waals surface area contributed by atoms with E-state index in [4.69, 9.17) is 16.3 Å². The van der Waals surface area contributed by atoms with E-state index >= 15 is 0 Å². The fraction of sp³-hybridized carbons (Fsp3) is 0.158. The number of halogens is 5. The molecule has 29 heavy (non-hydrogen) atoms. The molecule has 152 valence electrons. The number of carbonyl (C=O) groups is 1. The highest BCUT2D eigenvalue weighted by atomic mass is 35.5. The van der Waals surface area contributed by atoms with Gasteiger partial charge in [-0.3, -0.25) is 0 Å². The number of ether oxygens (including phenoxy) is 1. The van der Waals surface area contributed by atoms with Crippen LogP contribution in [0.4, 0.5) is 17.6 Å². The molecule has 0 fully saturated rings. The molecule has 0 aliphatic heterocycles. The van der Waals surface area contributed by atoms with Crippen LogP contribution in [0.3, 0.4) is 0 Å². The highest BCUT2D eigenvalue weighted by Gasteiger charge is 2.31. The van der Waals surface area contributed by atoms with Crippen molar-refractivity contribution >= 4 is 28.9 Å². The molecule has 0 saturated carbocycles. The number of nitrogens with zero attached hydrogens (tertiary/aromatic N) is 1. The van der Waals surface area contributed by atoms with Crippen LogP contribution in [0, 0.1) is 5.82 Å². The largest absolute Gasteiger partial charge is 0.543 e. The number of aromatic nitrogens is 1. The molecule has 2 aromatic carbocycles. The monoisotopic (exact) mass is 444 g/mol. The number of carbonyl (C=O) groups excluding carboxylic acids is 1. The lowest BCUT2D eigenvalue weighted by atomic mass is 10.1. The number of benzene rings is 2. The number of hydrogen-bond donors (Lipinski definition) is 0. The van der Waals surface area contributed by atoms with E-state index in [0.717, 1.165) is 35.6 Å². The van der Waals surface area contributed by atoms with Gasteiger partial charge in [0.05, 0.1) is 22.2 Å². The van der Waals surface area contributed by atoms with Gasteiger partial charge < -0.3 is 14.6 Å². The van der Waals surface area contributed by atoms with Gasteiger partial charge in [0, 0.05) is 28.0 Å². The number of rotatable bonds is 6. The van der Waals surface area contributed by atoms with Crippen LogP contribution in [-0.4, -0.2) is 11.0 Å². The summed E-state index contributed by atoms with van der Waals surface area (Å²) >= 11 is 6.66. The Hall–Kier alpha value is -2.65. The van der Waals surface area contributed by atoms with Crippen LogP contribution in [0.15, 0.2) is 41.8 Å². The topological polar surface area (TPSA) is 62.2 Å². The normalized spacial score (nSPS) is 11.5. The van der Waals surface area contributed by atoms with Gasteiger partial charge in [0.15, 0.2) is 0 Å². The zero-order valence-electron chi connectivity index (χ0n) is 14.4. The van der Waals surface area contributed by atoms with Crippen molar-refractivity contribution in [2.45, 2.75) is 19.2 Å². The second kappa shape index (κ2) is 8.38. The number of hydrogen-bond acceptors (Lipinski definition) is 5. The number of carboxylic acid groups (broad SMARTS) is 1. The predicted octanol–water partition coefficient (Wildman–Crippen LogP) is 4.49. The van der Waals surface area contributed by atoms with Gasteiger partial charge in [-0.05, 0) is 30.3 Å². The molecule has 3 aromatic rings. The standard InChI is InChI=1S/C19H12ClF4NO3S/c20-13-3-1-10(14(21)7-13)8-28-16-4-2-12(19(22,23)24)5-11(16)6-17-25-15(9-29-17)18(26)27/h1-5,7,9H,6,8H2,(H,26,27)/p-1. The van der Waals surface area contributed by atoms with E-state index in [1.165, 1.54) is 17.5 Å². The van der Waals surface area contributed by atoms with Gasteiger partial charge in [-0.1, -0.05) is 17.7 Å². The molecule has 0 saturated heterocycles. The van der Waals surface area contributed by atoms with E-state index in [0.29, 0.717) is 0 Å². The smallest absolute Gasteiger partial charge is 0.416 e. The molecule has 0 unspecified atom stereocenters. The second-order valence-corrected chi connectivity index (χ2v) is 7.31. The van der Waals surface area contributed by atoms with E-state index in [2.05, 4.69) is 4.98 Å². The first-order valence-electron chi connectivity index (χ1n) is 8.06. The Bertz CT molecular complexity index is 1050. The molecule has 0 radical (unpaired) electrons. The Kier molecular flexibility index (Phi) is 6.09. The average molecular weight is 445 g/mol. The minimum atomic E-state index is -4.57. The fourth-order valence-corrected chi connectivity index (χ4v) is 3.42. The number of carboxylic acids is 1. The van der Waals surface area contributed by atoms with Gasteiger partial charge in [0.25, 0.3) is 0 Å². The van der Waals surface area contributed by atoms with E-state index in [-0.39, 0.29) is 45.6 Å². The predicted molar refractivity (Wildman–Crippen MR) is 96.4 cm³/mol. The molecule has 0 aliphatic rings. The minimum Gasteiger partial charge on any atom is -0.543 e. The van der Waals surface area contributed by atoms with Gasteiger partial charge >= 0.3 is 6.18 Å². The van der Waals surface area contributed by atoms with E-state index in [9.17, 15) is 27.5 Å². The fourth-order valence-electron chi connectivity index (χ4n) is 2.48. The molecule has 4 nitrogen and oxygen atoms in total. The van der Waals surface area contributed by atoms with Crippen LogP contribution in [0.25, 0.3) is 0 Å². The molecule has 10 heteroatoms. The van der Waals surface area contributed by atoms with Crippen LogP contribution in [0.5, 0.6) is 5.75 Å². The van der Waals surface area contributed by atoms with E-state index in [1.807, 2.05) is 0 Å². The van der Waals surface area contributed by atoms with Crippen molar-refractivity contribution in [2.24, 2.45) is 0 Å². The summed E-state index contributed by atoms with van der Waals surface area (Å²) in [6.07, 6.45) is -4.67. The Balaban J connectivity index is 1.89. The Labute approximate surface area is 171 Å². The summed E-state index contributed by atoms with van der Waals surface area (Å²) in [5.74, 6) is -1.99. The average Bonchev–Trinajstić information content (AvgIpc) is 3.10. The zero-order chi connectivity index (χ0) is 21.2. The molecular weight excluding hydrogens is 434 g/mol. The minimum absolute atomic E-state index is 0.0950. The number of alkyl halides is 3. The van der Waals surface area contributed by atoms with Crippen molar-refractivity contribution < 1.29 is 32.2 Å². The Morgan fingerprint density at radius 2 is 1.93 bits per heavy atom. The maximum absolute atomic E-state index is 13.9. The second-order valence-electron chi connectivity index (χ2n) is 5.94. The van der Waals surface area contributed by atoms with Crippen molar-refractivity contribution in [2.75, 3.05) is 0 Å². The number of thiazole rings is 1. The molecular formula is C19H11ClF4NO3S-. The van der Waals surface area contributed by atoms with E-state index in [1.54, 1.807) is 0 Å². The van der Waals surface area contributed by atoms with Gasteiger partial charge in [-0.2, -0.15) is 13.2 Å². The highest BCUT2D eigenvalue weighted by Crippen LogP contribution is 2.34. The Morgan fingerprint density at radius 3 is 2.55 bits per heavy atom. The van der Waals surface area contributed by atoms with Crippen molar-refractivity contribution in [3.8, 4) is 5.75 Å². The number of aromatic carboxylic acids is 1. The summed E-state index contributed by atoms with van der Waals surface area (Å²) in [5.41, 5.74) is -0.890. The lowest BCUT2D eigenvalue weighted by Gasteiger charge is -2.14. The molecule has 0 bridgehead atoms. The summed E-state index contributed by atoms with van der Waals surface area (Å²) in [5, 5.41) is 12.6. The van der Waals surface area contributed by atoms with Gasteiger partial charge in [0.2, 0.25) is 0 Å². The molecule has 0 aliphatic carbocycles. The van der Waals surface area contributed by atoms with Crippen LogP contribution in [0.1, 0.15) is 32.2 Å². The molecule has 1 aromatic heterocycles. The van der Waals surface area contributed by atoms with Crippen molar-refractivity contribution in [3.63, 3.8) is 0 Å². The van der Waals surface area contributed by atoms with Crippen LogP contribution in [0.2, 0.25) is 5.02 Å². The molecule has 1 heterocycles. The summed E-state index contributed by atoms with van der Waals surface area (Å²) in [4.78, 5) is 14.7. The maximum atomic E-state index is 13.9. The quantitative estimate of drug-likeness (QED) is 0.526. The summed E-state index contributed by atoms with van der Waals surface area (Å²) in [6, 6.07) is 6.87. The van der Waals surface area contributed by atoms with E-state index < -0.39 is 23.5 Å². The lowest BCUT2D eigenvalue weighted by Crippen LogP contribution is -2.22. The molecule has 0 spiro atoms. The first-order chi connectivity index (χ1) is 13.6. The first kappa shape index (κ1) is 21.1. The third-order valence-corrected chi connectivity index (χ3v) is 4.97. The third kappa shape index (κ3) is 5.24. The Morgan fingerprint density at radius 1 is 1.17 bits per heavy atom. The summed E-state index contributed by atoms with van der Waals surface area (Å²) in [7, 11) is 0. The third-order valence-electron chi connectivity index (χ3n) is 3.89. The van der Waals surface area contributed by atoms with Gasteiger partial charge in [-0.15, -0.1) is 11.3 Å². The lowest BCUT2D eigenvalue weighted by molar-refractivity contribution is -0.255. The van der Waals surface area contributed by atoms with Crippen molar-refractivity contribution in [1.29, 1.82) is 0 Å². The van der Waals surface area contributed by atoms with Crippen LogP contribution in [-0.2, 0) is 19.2 Å². The van der Waals surface area contributed by atoms with Gasteiger partial charge in [0.1, 0.15) is 18.2 Å². The summed E-state index contributed by atoms with van der Waals surface area (Å²) < 4.78 is 58.7. The van der Waals surface area contributed by atoms with Crippen molar-refractivity contribution in [1.82, 2.24) is 4.98 Å². The summed E-state index contributed by atoms with van der Waals surface area (Å²) in [6.45, 7) is -0.233. The molecule has 0 atom stereocenters. The zero-order valence-corrected chi connectivity index (χ0v) is 16.0. The van der Waals surface area contributed by atoms with Crippen molar-refractivity contribution in [3.05, 3.63) is 80.0 Å². The maximum Gasteiger partial charge on any atom is 0.416 e. The molecule has 0 amide bonds. The van der Waals surface area contributed by atoms with Gasteiger partial charge in [-0.25, -0.2) is 9.37 Å². The SMILES string of the molecule is O=C([O-])c1csc(Cc2cc(C(F)(F)F)ccc2OCc2ccc(Cl)cc2F)n1.